The number of aromatic amines is 1. The molecule has 1 unspecified atom stereocenters. The van der Waals surface area contributed by atoms with Gasteiger partial charge in [-0.25, -0.2) is 4.98 Å². The van der Waals surface area contributed by atoms with Crippen molar-refractivity contribution in [1.29, 1.82) is 0 Å². The monoisotopic (exact) mass is 306 g/mol. The Kier molecular flexibility index (Phi) is 3.88. The molecule has 0 saturated carbocycles. The van der Waals surface area contributed by atoms with Crippen LogP contribution in [0.1, 0.15) is 55.4 Å². The molecule has 2 aromatic rings. The van der Waals surface area contributed by atoms with Gasteiger partial charge in [0.25, 0.3) is 5.56 Å². The normalized spacial score (nSPS) is 24.4. The van der Waals surface area contributed by atoms with Crippen LogP contribution in [0.3, 0.4) is 0 Å². The maximum absolute atomic E-state index is 12.4. The minimum Gasteiger partial charge on any atom is -0.324 e. The molecule has 4 nitrogen and oxygen atoms in total. The lowest BCUT2D eigenvalue weighted by molar-refractivity contribution is -0.957. The molecular formula is C16H24N3OS+. The van der Waals surface area contributed by atoms with Crippen LogP contribution in [0.2, 0.25) is 0 Å². The van der Waals surface area contributed by atoms with Crippen molar-refractivity contribution in [3.63, 3.8) is 0 Å². The van der Waals surface area contributed by atoms with Crippen LogP contribution in [-0.4, -0.2) is 22.6 Å². The number of rotatable bonds is 2. The van der Waals surface area contributed by atoms with Crippen LogP contribution in [0.5, 0.6) is 0 Å². The molecule has 2 aromatic heterocycles. The Balaban J connectivity index is 2.02. The molecule has 1 fully saturated rings. The van der Waals surface area contributed by atoms with Gasteiger partial charge >= 0.3 is 0 Å². The fraction of sp³-hybridized carbons (Fsp3) is 0.625. The van der Waals surface area contributed by atoms with Gasteiger partial charge in [0.1, 0.15) is 10.9 Å². The highest BCUT2D eigenvalue weighted by molar-refractivity contribution is 7.18. The van der Waals surface area contributed by atoms with Crippen molar-refractivity contribution in [3.05, 3.63) is 26.6 Å². The number of nitrogens with zero attached hydrogens (tertiary/aromatic N) is 1. The van der Waals surface area contributed by atoms with Gasteiger partial charge < -0.3 is 9.88 Å². The van der Waals surface area contributed by atoms with Crippen molar-refractivity contribution in [2.75, 3.05) is 6.54 Å². The van der Waals surface area contributed by atoms with Crippen molar-refractivity contribution in [2.24, 2.45) is 0 Å². The second kappa shape index (κ2) is 5.54. The zero-order chi connectivity index (χ0) is 15.1. The summed E-state index contributed by atoms with van der Waals surface area (Å²) in [4.78, 5) is 23.8. The van der Waals surface area contributed by atoms with Gasteiger partial charge in [-0.15, -0.1) is 11.3 Å². The maximum atomic E-state index is 12.4. The zero-order valence-electron chi connectivity index (χ0n) is 13.2. The lowest BCUT2D eigenvalue weighted by Crippen LogP contribution is -3.16. The lowest BCUT2D eigenvalue weighted by atomic mass is 10.0. The average Bonchev–Trinajstić information content (AvgIpc) is 2.74. The molecule has 21 heavy (non-hydrogen) atoms. The van der Waals surface area contributed by atoms with Crippen molar-refractivity contribution in [3.8, 4) is 0 Å². The highest BCUT2D eigenvalue weighted by Gasteiger charge is 2.30. The van der Waals surface area contributed by atoms with E-state index in [0.717, 1.165) is 21.6 Å². The minimum absolute atomic E-state index is 0.0211. The summed E-state index contributed by atoms with van der Waals surface area (Å²) < 4.78 is 0. The third-order valence-electron chi connectivity index (χ3n) is 5.01. The van der Waals surface area contributed by atoms with Gasteiger partial charge in [0.15, 0.2) is 5.82 Å². The number of aryl methyl sites for hydroxylation is 2. The van der Waals surface area contributed by atoms with Crippen molar-refractivity contribution in [2.45, 2.75) is 59.0 Å². The van der Waals surface area contributed by atoms with Gasteiger partial charge in [-0.05, 0) is 52.5 Å². The van der Waals surface area contributed by atoms with Gasteiger partial charge in [-0.3, -0.25) is 4.79 Å². The minimum atomic E-state index is 0.0211. The topological polar surface area (TPSA) is 50.2 Å². The molecule has 3 heterocycles. The molecule has 1 aliphatic rings. The van der Waals surface area contributed by atoms with E-state index in [1.165, 1.54) is 30.7 Å². The van der Waals surface area contributed by atoms with Crippen molar-refractivity contribution in [1.82, 2.24) is 9.97 Å². The Morgan fingerprint density at radius 2 is 2.14 bits per heavy atom. The molecule has 2 N–H and O–H groups in total. The third-order valence-corrected chi connectivity index (χ3v) is 6.11. The van der Waals surface area contributed by atoms with E-state index in [2.05, 4.69) is 25.8 Å². The fourth-order valence-electron chi connectivity index (χ4n) is 3.51. The molecule has 114 valence electrons. The second-order valence-electron chi connectivity index (χ2n) is 6.36. The number of piperidine rings is 1. The Hall–Kier alpha value is -1.20. The molecule has 1 aliphatic heterocycles. The van der Waals surface area contributed by atoms with Crippen molar-refractivity contribution < 1.29 is 4.90 Å². The van der Waals surface area contributed by atoms with Gasteiger partial charge in [-0.2, -0.15) is 0 Å². The lowest BCUT2D eigenvalue weighted by Gasteiger charge is -2.34. The highest BCUT2D eigenvalue weighted by Crippen LogP contribution is 2.26. The molecule has 3 rings (SSSR count). The van der Waals surface area contributed by atoms with Gasteiger partial charge in [0, 0.05) is 4.88 Å². The number of H-pyrrole nitrogens is 1. The summed E-state index contributed by atoms with van der Waals surface area (Å²) in [5.41, 5.74) is 1.09. The summed E-state index contributed by atoms with van der Waals surface area (Å²) in [5, 5.41) is 0.773. The van der Waals surface area contributed by atoms with Crippen LogP contribution < -0.4 is 10.5 Å². The van der Waals surface area contributed by atoms with E-state index in [0.29, 0.717) is 6.04 Å². The van der Waals surface area contributed by atoms with Gasteiger partial charge in [0.05, 0.1) is 18.0 Å². The SMILES string of the molecule is Cc1sc2nc([C@@H](C)[NH+]3CCCC[C@@H]3C)[nH]c(=O)c2c1C. The van der Waals surface area contributed by atoms with Crippen LogP contribution in [-0.2, 0) is 0 Å². The quantitative estimate of drug-likeness (QED) is 0.893. The number of nitrogens with one attached hydrogen (secondary N) is 2. The summed E-state index contributed by atoms with van der Waals surface area (Å²) in [5.74, 6) is 0.845. The van der Waals surface area contributed by atoms with Crippen LogP contribution in [0, 0.1) is 13.8 Å². The van der Waals surface area contributed by atoms with Crippen LogP contribution in [0.4, 0.5) is 0 Å². The maximum Gasteiger partial charge on any atom is 0.260 e. The summed E-state index contributed by atoms with van der Waals surface area (Å²) in [6.45, 7) is 9.73. The molecule has 1 saturated heterocycles. The Morgan fingerprint density at radius 1 is 1.38 bits per heavy atom. The first kappa shape index (κ1) is 14.7. The molecule has 3 atom stereocenters. The molecular weight excluding hydrogens is 282 g/mol. The Morgan fingerprint density at radius 3 is 2.86 bits per heavy atom. The van der Waals surface area contributed by atoms with E-state index in [4.69, 9.17) is 4.98 Å². The first-order valence-electron chi connectivity index (χ1n) is 7.84. The highest BCUT2D eigenvalue weighted by atomic mass is 32.1. The standard InChI is InChI=1S/C16H23N3OS/c1-9-7-5-6-8-19(9)11(3)14-17-15(20)13-10(2)12(4)21-16(13)18-14/h9,11H,5-8H2,1-4H3,(H,17,18,20)/p+1/t9-,11+/m0/s1. The van der Waals surface area contributed by atoms with Gasteiger partial charge in [0.2, 0.25) is 0 Å². The van der Waals surface area contributed by atoms with Crippen molar-refractivity contribution >= 4 is 21.6 Å². The first-order valence-corrected chi connectivity index (χ1v) is 8.66. The molecule has 0 aliphatic carbocycles. The van der Waals surface area contributed by atoms with Crippen LogP contribution in [0.15, 0.2) is 4.79 Å². The summed E-state index contributed by atoms with van der Waals surface area (Å²) >= 11 is 1.63. The second-order valence-corrected chi connectivity index (χ2v) is 7.56. The first-order chi connectivity index (χ1) is 9.99. The predicted molar refractivity (Wildman–Crippen MR) is 87.3 cm³/mol. The fourth-order valence-corrected chi connectivity index (χ4v) is 4.54. The number of aromatic nitrogens is 2. The van der Waals surface area contributed by atoms with E-state index in [1.54, 1.807) is 16.2 Å². The molecule has 0 aromatic carbocycles. The number of hydrogen-bond donors (Lipinski definition) is 2. The van der Waals surface area contributed by atoms with Crippen LogP contribution in [0.25, 0.3) is 10.2 Å². The summed E-state index contributed by atoms with van der Waals surface area (Å²) in [7, 11) is 0. The molecule has 0 bridgehead atoms. The Labute approximate surface area is 129 Å². The average molecular weight is 306 g/mol. The van der Waals surface area contributed by atoms with Gasteiger partial charge in [-0.1, -0.05) is 0 Å². The number of likely N-dealkylation sites (tertiary alicyclic amines) is 1. The van der Waals surface area contributed by atoms with E-state index < -0.39 is 0 Å². The molecule has 5 heteroatoms. The van der Waals surface area contributed by atoms with E-state index in [1.807, 2.05) is 6.92 Å². The summed E-state index contributed by atoms with van der Waals surface area (Å²) in [6, 6.07) is 0.890. The largest absolute Gasteiger partial charge is 0.324 e. The number of hydrogen-bond acceptors (Lipinski definition) is 3. The van der Waals surface area contributed by atoms with E-state index in [9.17, 15) is 4.79 Å². The Bertz CT molecular complexity index is 718. The van der Waals surface area contributed by atoms with Crippen LogP contribution >= 0.6 is 11.3 Å². The number of thiophene rings is 1. The smallest absolute Gasteiger partial charge is 0.260 e. The molecule has 0 amide bonds. The molecule has 0 spiro atoms. The van der Waals surface area contributed by atoms with E-state index >= 15 is 0 Å². The third kappa shape index (κ3) is 2.53. The number of fused-ring (bicyclic) bond motifs is 1. The molecule has 0 radical (unpaired) electrons. The predicted octanol–water partition coefficient (Wildman–Crippen LogP) is 2.12. The summed E-state index contributed by atoms with van der Waals surface area (Å²) in [6.07, 6.45) is 3.86. The zero-order valence-corrected chi connectivity index (χ0v) is 14.1. The number of quaternary nitrogens is 1. The van der Waals surface area contributed by atoms with E-state index in [-0.39, 0.29) is 11.6 Å².